The highest BCUT2D eigenvalue weighted by molar-refractivity contribution is 5.95. The maximum Gasteiger partial charge on any atom is 0.168 e. The second-order valence-electron chi connectivity index (χ2n) is 3.61. The predicted octanol–water partition coefficient (Wildman–Crippen LogP) is 0.899. The monoisotopic (exact) mass is 230 g/mol. The Morgan fingerprint density at radius 3 is 2.76 bits per heavy atom. The molecule has 2 aromatic heterocycles. The van der Waals surface area contributed by atoms with Crippen molar-refractivity contribution in [2.24, 2.45) is 5.73 Å². The van der Waals surface area contributed by atoms with E-state index in [1.54, 1.807) is 18.6 Å². The van der Waals surface area contributed by atoms with Crippen molar-refractivity contribution in [3.63, 3.8) is 0 Å². The lowest BCUT2D eigenvalue weighted by Gasteiger charge is -2.09. The normalized spacial score (nSPS) is 10.4. The van der Waals surface area contributed by atoms with Gasteiger partial charge in [-0.15, -0.1) is 0 Å². The molecule has 0 saturated carbocycles. The van der Waals surface area contributed by atoms with E-state index in [1.807, 2.05) is 4.57 Å². The number of nitrogens with zero attached hydrogens (tertiary/aromatic N) is 4. The molecule has 17 heavy (non-hydrogen) atoms. The quantitative estimate of drug-likeness (QED) is 0.602. The molecule has 6 nitrogen and oxygen atoms in total. The van der Waals surface area contributed by atoms with Gasteiger partial charge in [0.05, 0.1) is 0 Å². The zero-order valence-corrected chi connectivity index (χ0v) is 9.59. The Morgan fingerprint density at radius 2 is 2.06 bits per heavy atom. The standard InChI is InChI=1S/C11H14N6/c1-2-3-8-14-6-7-17(8)11-9(10(12)13)15-4-5-16-11/h4-7H,2-3H2,1H3,(H3,12,13). The summed E-state index contributed by atoms with van der Waals surface area (Å²) in [6, 6.07) is 0. The van der Waals surface area contributed by atoms with Crippen LogP contribution in [-0.4, -0.2) is 25.4 Å². The van der Waals surface area contributed by atoms with Crippen molar-refractivity contribution in [1.29, 1.82) is 5.41 Å². The Morgan fingerprint density at radius 1 is 1.29 bits per heavy atom. The van der Waals surface area contributed by atoms with Gasteiger partial charge in [-0.3, -0.25) is 9.98 Å². The number of amidine groups is 1. The fourth-order valence-electron chi connectivity index (χ4n) is 1.63. The van der Waals surface area contributed by atoms with Crippen molar-refractivity contribution in [2.75, 3.05) is 0 Å². The van der Waals surface area contributed by atoms with E-state index in [1.165, 1.54) is 6.20 Å². The van der Waals surface area contributed by atoms with Gasteiger partial charge in [-0.1, -0.05) is 6.92 Å². The maximum absolute atomic E-state index is 7.49. The lowest BCUT2D eigenvalue weighted by Crippen LogP contribution is -2.18. The van der Waals surface area contributed by atoms with Gasteiger partial charge >= 0.3 is 0 Å². The van der Waals surface area contributed by atoms with Crippen LogP contribution in [0.4, 0.5) is 0 Å². The first kappa shape index (κ1) is 11.3. The Labute approximate surface area is 99.1 Å². The minimum absolute atomic E-state index is 0.0933. The first-order chi connectivity index (χ1) is 8.24. The molecule has 0 aliphatic rings. The molecule has 3 N–H and O–H groups in total. The molecule has 88 valence electrons. The molecule has 2 rings (SSSR count). The summed E-state index contributed by atoms with van der Waals surface area (Å²) in [6.07, 6.45) is 8.47. The van der Waals surface area contributed by atoms with Crippen molar-refractivity contribution in [1.82, 2.24) is 19.5 Å². The van der Waals surface area contributed by atoms with Crippen LogP contribution in [-0.2, 0) is 6.42 Å². The molecule has 0 amide bonds. The Bertz CT molecular complexity index is 530. The van der Waals surface area contributed by atoms with Crippen molar-refractivity contribution in [3.05, 3.63) is 36.3 Å². The number of imidazole rings is 1. The highest BCUT2D eigenvalue weighted by Crippen LogP contribution is 2.12. The molecule has 0 spiro atoms. The Balaban J connectivity index is 2.52. The molecule has 0 bridgehead atoms. The number of nitrogen functional groups attached to an aromatic ring is 1. The van der Waals surface area contributed by atoms with E-state index in [2.05, 4.69) is 21.9 Å². The number of aromatic nitrogens is 4. The van der Waals surface area contributed by atoms with E-state index in [0.29, 0.717) is 11.5 Å². The summed E-state index contributed by atoms with van der Waals surface area (Å²) in [6.45, 7) is 2.08. The van der Waals surface area contributed by atoms with E-state index in [0.717, 1.165) is 18.7 Å². The smallest absolute Gasteiger partial charge is 0.168 e. The molecule has 0 aliphatic carbocycles. The molecular weight excluding hydrogens is 216 g/mol. The predicted molar refractivity (Wildman–Crippen MR) is 64.2 cm³/mol. The van der Waals surface area contributed by atoms with Gasteiger partial charge in [-0.2, -0.15) is 0 Å². The lowest BCUT2D eigenvalue weighted by atomic mass is 10.3. The van der Waals surface area contributed by atoms with E-state index in [9.17, 15) is 0 Å². The highest BCUT2D eigenvalue weighted by Gasteiger charge is 2.12. The number of nitrogens with one attached hydrogen (secondary N) is 1. The van der Waals surface area contributed by atoms with Crippen LogP contribution in [0.2, 0.25) is 0 Å². The SMILES string of the molecule is CCCc1nccn1-c1nccnc1C(=N)N. The lowest BCUT2D eigenvalue weighted by molar-refractivity contribution is 0.793. The molecule has 0 saturated heterocycles. The molecule has 0 atom stereocenters. The van der Waals surface area contributed by atoms with Gasteiger partial charge in [0.2, 0.25) is 0 Å². The summed E-state index contributed by atoms with van der Waals surface area (Å²) in [5.74, 6) is 1.36. The molecule has 0 aliphatic heterocycles. The summed E-state index contributed by atoms with van der Waals surface area (Å²) >= 11 is 0. The third-order valence-electron chi connectivity index (χ3n) is 2.35. The summed E-state index contributed by atoms with van der Waals surface area (Å²) in [5, 5.41) is 7.49. The van der Waals surface area contributed by atoms with Gasteiger partial charge < -0.3 is 5.73 Å². The Hall–Kier alpha value is -2.24. The fourth-order valence-corrected chi connectivity index (χ4v) is 1.63. The second-order valence-corrected chi connectivity index (χ2v) is 3.61. The van der Waals surface area contributed by atoms with Crippen molar-refractivity contribution in [2.45, 2.75) is 19.8 Å². The molecule has 0 aromatic carbocycles. The topological polar surface area (TPSA) is 93.5 Å². The van der Waals surface area contributed by atoms with Gasteiger partial charge in [-0.05, 0) is 6.42 Å². The minimum Gasteiger partial charge on any atom is -0.382 e. The number of hydrogen-bond acceptors (Lipinski definition) is 4. The molecule has 2 heterocycles. The van der Waals surface area contributed by atoms with Crippen LogP contribution in [0.15, 0.2) is 24.8 Å². The number of rotatable bonds is 4. The van der Waals surface area contributed by atoms with Crippen LogP contribution in [0, 0.1) is 5.41 Å². The van der Waals surface area contributed by atoms with Gasteiger partial charge in [0.1, 0.15) is 17.4 Å². The zero-order valence-electron chi connectivity index (χ0n) is 9.59. The van der Waals surface area contributed by atoms with Crippen molar-refractivity contribution < 1.29 is 0 Å². The van der Waals surface area contributed by atoms with E-state index >= 15 is 0 Å². The van der Waals surface area contributed by atoms with Gasteiger partial charge in [0.15, 0.2) is 5.82 Å². The second kappa shape index (κ2) is 4.73. The summed E-state index contributed by atoms with van der Waals surface area (Å²) in [4.78, 5) is 12.6. The maximum atomic E-state index is 7.49. The molecular formula is C11H14N6. The first-order valence-corrected chi connectivity index (χ1v) is 5.42. The van der Waals surface area contributed by atoms with Crippen LogP contribution >= 0.6 is 0 Å². The zero-order chi connectivity index (χ0) is 12.3. The molecule has 2 aromatic rings. The molecule has 0 unspecified atom stereocenters. The van der Waals surface area contributed by atoms with Crippen LogP contribution in [0.5, 0.6) is 0 Å². The number of hydrogen-bond donors (Lipinski definition) is 2. The van der Waals surface area contributed by atoms with E-state index < -0.39 is 0 Å². The van der Waals surface area contributed by atoms with Crippen molar-refractivity contribution >= 4 is 5.84 Å². The third kappa shape index (κ3) is 2.15. The number of nitrogens with two attached hydrogens (primary N) is 1. The van der Waals surface area contributed by atoms with Gasteiger partial charge in [0.25, 0.3) is 0 Å². The largest absolute Gasteiger partial charge is 0.382 e. The fraction of sp³-hybridized carbons (Fsp3) is 0.273. The summed E-state index contributed by atoms with van der Waals surface area (Å²) in [7, 11) is 0. The number of aryl methyl sites for hydroxylation is 1. The average molecular weight is 230 g/mol. The van der Waals surface area contributed by atoms with Crippen molar-refractivity contribution in [3.8, 4) is 5.82 Å². The molecule has 0 fully saturated rings. The first-order valence-electron chi connectivity index (χ1n) is 5.42. The summed E-state index contributed by atoms with van der Waals surface area (Å²) < 4.78 is 1.83. The van der Waals surface area contributed by atoms with Gasteiger partial charge in [0, 0.05) is 31.2 Å². The van der Waals surface area contributed by atoms with Gasteiger partial charge in [-0.25, -0.2) is 15.0 Å². The molecule has 0 radical (unpaired) electrons. The van der Waals surface area contributed by atoms with Crippen LogP contribution in [0.1, 0.15) is 24.9 Å². The van der Waals surface area contributed by atoms with Crippen LogP contribution < -0.4 is 5.73 Å². The van der Waals surface area contributed by atoms with Crippen LogP contribution in [0.25, 0.3) is 5.82 Å². The third-order valence-corrected chi connectivity index (χ3v) is 2.35. The van der Waals surface area contributed by atoms with E-state index in [4.69, 9.17) is 11.1 Å². The molecule has 6 heteroatoms. The van der Waals surface area contributed by atoms with E-state index in [-0.39, 0.29) is 5.84 Å². The highest BCUT2D eigenvalue weighted by atomic mass is 15.1. The summed E-state index contributed by atoms with van der Waals surface area (Å²) in [5.41, 5.74) is 5.87. The minimum atomic E-state index is -0.0933. The average Bonchev–Trinajstić information content (AvgIpc) is 2.77. The van der Waals surface area contributed by atoms with Crippen LogP contribution in [0.3, 0.4) is 0 Å². The Kier molecular flexibility index (Phi) is 3.13.